The number of hydrogen-bond donors (Lipinski definition) is 1. The van der Waals surface area contributed by atoms with Crippen molar-refractivity contribution in [2.45, 2.75) is 6.61 Å². The van der Waals surface area contributed by atoms with Crippen molar-refractivity contribution in [3.8, 4) is 5.75 Å². The fourth-order valence-electron chi connectivity index (χ4n) is 1.43. The van der Waals surface area contributed by atoms with Crippen molar-refractivity contribution >= 4 is 17.3 Å². The quantitative estimate of drug-likeness (QED) is 0.861. The number of benzene rings is 2. The van der Waals surface area contributed by atoms with Gasteiger partial charge in [-0.3, -0.25) is 0 Å². The molecule has 0 unspecified atom stereocenters. The molecule has 0 aliphatic rings. The molecule has 0 bridgehead atoms. The lowest BCUT2D eigenvalue weighted by Crippen LogP contribution is -2.00. The van der Waals surface area contributed by atoms with E-state index in [1.54, 1.807) is 18.2 Å². The summed E-state index contributed by atoms with van der Waals surface area (Å²) in [6.07, 6.45) is 0. The highest BCUT2D eigenvalue weighted by Gasteiger charge is 2.05. The normalized spacial score (nSPS) is 10.4. The largest absolute Gasteiger partial charge is 0.489 e. The van der Waals surface area contributed by atoms with Gasteiger partial charge in [0.05, 0.1) is 0 Å². The SMILES string of the molecule is Nc1ccc(Cl)cc1COc1ccc(F)c(F)c1. The first-order chi connectivity index (χ1) is 8.56. The van der Waals surface area contributed by atoms with Crippen molar-refractivity contribution in [3.63, 3.8) is 0 Å². The first kappa shape index (κ1) is 12.6. The number of rotatable bonds is 3. The van der Waals surface area contributed by atoms with Crippen LogP contribution in [-0.2, 0) is 6.61 Å². The Labute approximate surface area is 108 Å². The fourth-order valence-corrected chi connectivity index (χ4v) is 1.62. The Hall–Kier alpha value is -1.81. The van der Waals surface area contributed by atoms with Gasteiger partial charge in [0.25, 0.3) is 0 Å². The third-order valence-electron chi connectivity index (χ3n) is 2.39. The summed E-state index contributed by atoms with van der Waals surface area (Å²) < 4.78 is 31.0. The van der Waals surface area contributed by atoms with Crippen molar-refractivity contribution in [1.82, 2.24) is 0 Å². The van der Waals surface area contributed by atoms with Gasteiger partial charge in [0.1, 0.15) is 12.4 Å². The minimum Gasteiger partial charge on any atom is -0.489 e. The summed E-state index contributed by atoms with van der Waals surface area (Å²) in [6, 6.07) is 8.32. The molecule has 2 aromatic rings. The van der Waals surface area contributed by atoms with Crippen LogP contribution < -0.4 is 10.5 Å². The molecule has 0 saturated heterocycles. The van der Waals surface area contributed by atoms with Crippen molar-refractivity contribution in [3.05, 3.63) is 58.6 Å². The van der Waals surface area contributed by atoms with Crippen LogP contribution in [0.4, 0.5) is 14.5 Å². The van der Waals surface area contributed by atoms with E-state index in [1.165, 1.54) is 6.07 Å². The van der Waals surface area contributed by atoms with Crippen molar-refractivity contribution in [2.75, 3.05) is 5.73 Å². The summed E-state index contributed by atoms with van der Waals surface area (Å²) in [4.78, 5) is 0. The number of halogens is 3. The molecule has 0 aliphatic heterocycles. The molecule has 5 heteroatoms. The Kier molecular flexibility index (Phi) is 3.67. The van der Waals surface area contributed by atoms with Gasteiger partial charge in [-0.15, -0.1) is 0 Å². The van der Waals surface area contributed by atoms with E-state index in [2.05, 4.69) is 0 Å². The molecule has 0 aliphatic carbocycles. The lowest BCUT2D eigenvalue weighted by atomic mass is 10.2. The Morgan fingerprint density at radius 2 is 1.83 bits per heavy atom. The van der Waals surface area contributed by atoms with E-state index in [4.69, 9.17) is 22.1 Å². The second-order valence-electron chi connectivity index (χ2n) is 3.71. The highest BCUT2D eigenvalue weighted by molar-refractivity contribution is 6.30. The molecule has 94 valence electrons. The minimum absolute atomic E-state index is 0.136. The molecule has 0 saturated carbocycles. The first-order valence-corrected chi connectivity index (χ1v) is 5.56. The molecule has 0 radical (unpaired) electrons. The zero-order valence-electron chi connectivity index (χ0n) is 9.29. The van der Waals surface area contributed by atoms with Crippen LogP contribution in [0.1, 0.15) is 5.56 Å². The van der Waals surface area contributed by atoms with E-state index >= 15 is 0 Å². The summed E-state index contributed by atoms with van der Waals surface area (Å²) in [5, 5.41) is 0.535. The van der Waals surface area contributed by atoms with E-state index in [0.29, 0.717) is 16.3 Å². The van der Waals surface area contributed by atoms with Crippen LogP contribution in [0.15, 0.2) is 36.4 Å². The van der Waals surface area contributed by atoms with Crippen LogP contribution in [0.2, 0.25) is 5.02 Å². The van der Waals surface area contributed by atoms with Crippen LogP contribution in [0.5, 0.6) is 5.75 Å². The number of anilines is 1. The number of hydrogen-bond acceptors (Lipinski definition) is 2. The summed E-state index contributed by atoms with van der Waals surface area (Å²) in [5.41, 5.74) is 6.95. The summed E-state index contributed by atoms with van der Waals surface area (Å²) in [6.45, 7) is 0.136. The Bertz CT molecular complexity index is 575. The molecule has 0 fully saturated rings. The molecule has 0 spiro atoms. The highest BCUT2D eigenvalue weighted by Crippen LogP contribution is 2.21. The molecule has 18 heavy (non-hydrogen) atoms. The van der Waals surface area contributed by atoms with Gasteiger partial charge in [0, 0.05) is 22.3 Å². The topological polar surface area (TPSA) is 35.2 Å². The molecule has 2 aromatic carbocycles. The van der Waals surface area contributed by atoms with Crippen LogP contribution in [0.25, 0.3) is 0 Å². The van der Waals surface area contributed by atoms with E-state index in [1.807, 2.05) is 0 Å². The maximum Gasteiger partial charge on any atom is 0.162 e. The number of nitrogens with two attached hydrogens (primary N) is 1. The minimum atomic E-state index is -0.952. The molecule has 0 atom stereocenters. The van der Waals surface area contributed by atoms with Crippen molar-refractivity contribution in [1.29, 1.82) is 0 Å². The van der Waals surface area contributed by atoms with Crippen molar-refractivity contribution < 1.29 is 13.5 Å². The zero-order valence-corrected chi connectivity index (χ0v) is 10.0. The van der Waals surface area contributed by atoms with Crippen molar-refractivity contribution in [2.24, 2.45) is 0 Å². The second kappa shape index (κ2) is 5.23. The average Bonchev–Trinajstić information content (AvgIpc) is 2.34. The van der Waals surface area contributed by atoms with Gasteiger partial charge in [0.2, 0.25) is 0 Å². The summed E-state index contributed by atoms with van der Waals surface area (Å²) in [5.74, 6) is -1.63. The van der Waals surface area contributed by atoms with Gasteiger partial charge in [-0.25, -0.2) is 8.78 Å². The summed E-state index contributed by atoms with van der Waals surface area (Å²) >= 11 is 5.82. The van der Waals surface area contributed by atoms with Gasteiger partial charge in [-0.05, 0) is 30.3 Å². The monoisotopic (exact) mass is 269 g/mol. The Balaban J connectivity index is 2.11. The highest BCUT2D eigenvalue weighted by atomic mass is 35.5. The fraction of sp³-hybridized carbons (Fsp3) is 0.0769. The standard InChI is InChI=1S/C13H10ClF2NO/c14-9-1-4-13(17)8(5-9)7-18-10-2-3-11(15)12(16)6-10/h1-6H,7,17H2. The molecular formula is C13H10ClF2NO. The smallest absolute Gasteiger partial charge is 0.162 e. The molecule has 0 amide bonds. The maximum absolute atomic E-state index is 12.9. The lowest BCUT2D eigenvalue weighted by molar-refractivity contribution is 0.304. The lowest BCUT2D eigenvalue weighted by Gasteiger charge is -2.09. The third kappa shape index (κ3) is 2.90. The van der Waals surface area contributed by atoms with Crippen LogP contribution in [0, 0.1) is 11.6 Å². The predicted molar refractivity (Wildman–Crippen MR) is 66.6 cm³/mol. The van der Waals surface area contributed by atoms with Gasteiger partial charge in [0.15, 0.2) is 11.6 Å². The Morgan fingerprint density at radius 3 is 2.56 bits per heavy atom. The molecule has 2 N–H and O–H groups in total. The van der Waals surface area contributed by atoms with Crippen LogP contribution in [-0.4, -0.2) is 0 Å². The third-order valence-corrected chi connectivity index (χ3v) is 2.63. The van der Waals surface area contributed by atoms with E-state index < -0.39 is 11.6 Å². The van der Waals surface area contributed by atoms with Crippen LogP contribution >= 0.6 is 11.6 Å². The van der Waals surface area contributed by atoms with Gasteiger partial charge in [-0.1, -0.05) is 11.6 Å². The maximum atomic E-state index is 12.9. The van der Waals surface area contributed by atoms with Gasteiger partial charge >= 0.3 is 0 Å². The van der Waals surface area contributed by atoms with E-state index in [0.717, 1.165) is 12.1 Å². The average molecular weight is 270 g/mol. The van der Waals surface area contributed by atoms with Gasteiger partial charge < -0.3 is 10.5 Å². The molecular weight excluding hydrogens is 260 g/mol. The molecule has 2 rings (SSSR count). The van der Waals surface area contributed by atoms with Crippen LogP contribution in [0.3, 0.4) is 0 Å². The predicted octanol–water partition coefficient (Wildman–Crippen LogP) is 3.78. The summed E-state index contributed by atoms with van der Waals surface area (Å²) in [7, 11) is 0. The second-order valence-corrected chi connectivity index (χ2v) is 4.14. The molecule has 0 heterocycles. The molecule has 0 aromatic heterocycles. The van der Waals surface area contributed by atoms with E-state index in [-0.39, 0.29) is 12.4 Å². The Morgan fingerprint density at radius 1 is 1.06 bits per heavy atom. The van der Waals surface area contributed by atoms with Gasteiger partial charge in [-0.2, -0.15) is 0 Å². The van der Waals surface area contributed by atoms with E-state index in [9.17, 15) is 8.78 Å². The first-order valence-electron chi connectivity index (χ1n) is 5.18. The number of ether oxygens (including phenoxy) is 1. The zero-order chi connectivity index (χ0) is 13.1. The number of nitrogen functional groups attached to an aromatic ring is 1. The molecule has 2 nitrogen and oxygen atoms in total.